The first-order valence-corrected chi connectivity index (χ1v) is 7.10. The molecule has 2 aliphatic rings. The van der Waals surface area contributed by atoms with Crippen molar-refractivity contribution in [3.63, 3.8) is 0 Å². The fourth-order valence-electron chi connectivity index (χ4n) is 2.88. The smallest absolute Gasteiger partial charge is 0.375 e. The molecule has 0 aromatic rings. The number of alkyl halides is 3. The van der Waals surface area contributed by atoms with E-state index in [9.17, 15) is 18.0 Å². The predicted molar refractivity (Wildman–Crippen MR) is 67.1 cm³/mol. The number of hydrogen-bond donors (Lipinski definition) is 2. The van der Waals surface area contributed by atoms with Crippen LogP contribution in [0.25, 0.3) is 0 Å². The maximum Gasteiger partial charge on any atom is 0.391 e. The van der Waals surface area contributed by atoms with Crippen LogP contribution in [0.1, 0.15) is 32.6 Å². The zero-order valence-corrected chi connectivity index (χ0v) is 11.5. The van der Waals surface area contributed by atoms with Crippen LogP contribution in [0, 0.1) is 5.92 Å². The lowest BCUT2D eigenvalue weighted by Crippen LogP contribution is -2.57. The minimum Gasteiger partial charge on any atom is -0.375 e. The van der Waals surface area contributed by atoms with E-state index in [4.69, 9.17) is 4.74 Å². The quantitative estimate of drug-likeness (QED) is 0.813. The zero-order chi connectivity index (χ0) is 14.8. The summed E-state index contributed by atoms with van der Waals surface area (Å²) in [5, 5.41) is 5.92. The van der Waals surface area contributed by atoms with Crippen LogP contribution in [0.2, 0.25) is 0 Å². The molecule has 1 aliphatic heterocycles. The number of halogens is 3. The van der Waals surface area contributed by atoms with Gasteiger partial charge >= 0.3 is 6.18 Å². The molecule has 4 nitrogen and oxygen atoms in total. The summed E-state index contributed by atoms with van der Waals surface area (Å²) in [6.45, 7) is 3.00. The topological polar surface area (TPSA) is 50.4 Å². The number of carbonyl (C=O) groups excluding carboxylic acids is 1. The highest BCUT2D eigenvalue weighted by atomic mass is 19.4. The third-order valence-electron chi connectivity index (χ3n) is 4.14. The molecular weight excluding hydrogens is 273 g/mol. The average Bonchev–Trinajstić information content (AvgIpc) is 2.38. The summed E-state index contributed by atoms with van der Waals surface area (Å²) in [7, 11) is 0. The maximum atomic E-state index is 12.6. The molecule has 1 amide bonds. The average molecular weight is 294 g/mol. The van der Waals surface area contributed by atoms with Crippen molar-refractivity contribution in [1.29, 1.82) is 0 Å². The van der Waals surface area contributed by atoms with Crippen LogP contribution in [-0.2, 0) is 9.53 Å². The van der Waals surface area contributed by atoms with Crippen molar-refractivity contribution >= 4 is 5.91 Å². The molecule has 2 N–H and O–H groups in total. The van der Waals surface area contributed by atoms with E-state index in [1.54, 1.807) is 0 Å². The fourth-order valence-corrected chi connectivity index (χ4v) is 2.88. The van der Waals surface area contributed by atoms with Gasteiger partial charge in [0.15, 0.2) is 0 Å². The lowest BCUT2D eigenvalue weighted by molar-refractivity contribution is -0.182. The molecule has 0 radical (unpaired) electrons. The molecule has 0 aromatic carbocycles. The minimum absolute atomic E-state index is 0.0958. The Morgan fingerprint density at radius 2 is 1.90 bits per heavy atom. The molecule has 0 bridgehead atoms. The summed E-state index contributed by atoms with van der Waals surface area (Å²) in [5.41, 5.74) is 0. The minimum atomic E-state index is -4.11. The normalized spacial score (nSPS) is 35.6. The van der Waals surface area contributed by atoms with E-state index >= 15 is 0 Å². The maximum absolute atomic E-state index is 12.6. The van der Waals surface area contributed by atoms with Gasteiger partial charge in [0.05, 0.1) is 18.6 Å². The van der Waals surface area contributed by atoms with Gasteiger partial charge in [0, 0.05) is 12.6 Å². The SMILES string of the molecule is C[C@H]1OCCN[C@@H]1C(=O)NC1CCC(C(F)(F)F)CC1. The van der Waals surface area contributed by atoms with Crippen LogP contribution < -0.4 is 10.6 Å². The fraction of sp³-hybridized carbons (Fsp3) is 0.923. The molecule has 2 atom stereocenters. The van der Waals surface area contributed by atoms with Crippen LogP contribution in [0.4, 0.5) is 13.2 Å². The molecule has 2 rings (SSSR count). The van der Waals surface area contributed by atoms with Gasteiger partial charge in [-0.3, -0.25) is 4.79 Å². The molecule has 1 aliphatic carbocycles. The summed E-state index contributed by atoms with van der Waals surface area (Å²) in [6.07, 6.45) is -3.36. The van der Waals surface area contributed by atoms with Crippen molar-refractivity contribution in [2.24, 2.45) is 5.92 Å². The first kappa shape index (κ1) is 15.6. The van der Waals surface area contributed by atoms with Crippen LogP contribution in [0.5, 0.6) is 0 Å². The van der Waals surface area contributed by atoms with Crippen molar-refractivity contribution in [3.8, 4) is 0 Å². The molecule has 7 heteroatoms. The highest BCUT2D eigenvalue weighted by molar-refractivity contribution is 5.82. The summed E-state index contributed by atoms with van der Waals surface area (Å²) in [5.74, 6) is -1.39. The lowest BCUT2D eigenvalue weighted by atomic mass is 9.85. The second kappa shape index (κ2) is 6.30. The number of rotatable bonds is 2. The van der Waals surface area contributed by atoms with E-state index in [1.165, 1.54) is 0 Å². The van der Waals surface area contributed by atoms with Crippen molar-refractivity contribution in [1.82, 2.24) is 10.6 Å². The van der Waals surface area contributed by atoms with Gasteiger partial charge in [0.25, 0.3) is 0 Å². The van der Waals surface area contributed by atoms with Gasteiger partial charge in [-0.2, -0.15) is 13.2 Å². The Labute approximate surface area is 116 Å². The van der Waals surface area contributed by atoms with Crippen molar-refractivity contribution in [2.45, 2.75) is 57.0 Å². The number of hydrogen-bond acceptors (Lipinski definition) is 3. The van der Waals surface area contributed by atoms with Gasteiger partial charge in [-0.25, -0.2) is 0 Å². The molecular formula is C13H21F3N2O2. The molecule has 116 valence electrons. The molecule has 0 aromatic heterocycles. The van der Waals surface area contributed by atoms with Gasteiger partial charge in [0.1, 0.15) is 6.04 Å². The van der Waals surface area contributed by atoms with Crippen LogP contribution >= 0.6 is 0 Å². The third-order valence-corrected chi connectivity index (χ3v) is 4.14. The standard InChI is InChI=1S/C13H21F3N2O2/c1-8-11(17-6-7-20-8)12(19)18-10-4-2-9(3-5-10)13(14,15)16/h8-11,17H,2-7H2,1H3,(H,18,19)/t8-,9?,10?,11+/m1/s1. The molecule has 1 saturated carbocycles. The number of ether oxygens (including phenoxy) is 1. The number of amides is 1. The molecule has 20 heavy (non-hydrogen) atoms. The Hall–Kier alpha value is -0.820. The predicted octanol–water partition coefficient (Wildman–Crippen LogP) is 1.60. The monoisotopic (exact) mass is 294 g/mol. The Kier molecular flexibility index (Phi) is 4.90. The van der Waals surface area contributed by atoms with Gasteiger partial charge in [-0.05, 0) is 32.6 Å². The highest BCUT2D eigenvalue weighted by Gasteiger charge is 2.42. The van der Waals surface area contributed by atoms with E-state index in [-0.39, 0.29) is 30.9 Å². The van der Waals surface area contributed by atoms with Crippen LogP contribution in [-0.4, -0.2) is 43.4 Å². The first-order chi connectivity index (χ1) is 9.38. The van der Waals surface area contributed by atoms with Gasteiger partial charge in [0.2, 0.25) is 5.91 Å². The summed E-state index contributed by atoms with van der Waals surface area (Å²) in [4.78, 5) is 12.1. The van der Waals surface area contributed by atoms with E-state index in [0.29, 0.717) is 26.0 Å². The van der Waals surface area contributed by atoms with Crippen LogP contribution in [0.3, 0.4) is 0 Å². The van der Waals surface area contributed by atoms with Crippen molar-refractivity contribution < 1.29 is 22.7 Å². The number of morpholine rings is 1. The van der Waals surface area contributed by atoms with Crippen molar-refractivity contribution in [2.75, 3.05) is 13.2 Å². The van der Waals surface area contributed by atoms with Gasteiger partial charge < -0.3 is 15.4 Å². The number of carbonyl (C=O) groups is 1. The third kappa shape index (κ3) is 3.85. The van der Waals surface area contributed by atoms with E-state index in [1.807, 2.05) is 6.92 Å². The highest BCUT2D eigenvalue weighted by Crippen LogP contribution is 2.37. The largest absolute Gasteiger partial charge is 0.391 e. The molecule has 2 fully saturated rings. The summed E-state index contributed by atoms with van der Waals surface area (Å²) in [6, 6.07) is -0.568. The Morgan fingerprint density at radius 1 is 1.25 bits per heavy atom. The summed E-state index contributed by atoms with van der Waals surface area (Å²) < 4.78 is 43.1. The van der Waals surface area contributed by atoms with Gasteiger partial charge in [-0.15, -0.1) is 0 Å². The molecule has 1 heterocycles. The van der Waals surface area contributed by atoms with E-state index in [2.05, 4.69) is 10.6 Å². The Balaban J connectivity index is 1.79. The number of nitrogens with one attached hydrogen (secondary N) is 2. The van der Waals surface area contributed by atoms with Crippen molar-refractivity contribution in [3.05, 3.63) is 0 Å². The zero-order valence-electron chi connectivity index (χ0n) is 11.5. The molecule has 0 spiro atoms. The molecule has 0 unspecified atom stereocenters. The van der Waals surface area contributed by atoms with E-state index < -0.39 is 18.1 Å². The second-order valence-electron chi connectivity index (χ2n) is 5.61. The Morgan fingerprint density at radius 3 is 2.45 bits per heavy atom. The molecule has 1 saturated heterocycles. The van der Waals surface area contributed by atoms with Crippen LogP contribution in [0.15, 0.2) is 0 Å². The second-order valence-corrected chi connectivity index (χ2v) is 5.61. The lowest BCUT2D eigenvalue weighted by Gasteiger charge is -2.33. The first-order valence-electron chi connectivity index (χ1n) is 7.10. The Bertz CT molecular complexity index is 341. The van der Waals surface area contributed by atoms with E-state index in [0.717, 1.165) is 0 Å². The van der Waals surface area contributed by atoms with Gasteiger partial charge in [-0.1, -0.05) is 0 Å². The summed E-state index contributed by atoms with van der Waals surface area (Å²) >= 11 is 0.